The van der Waals surface area contributed by atoms with Crippen LogP contribution in [0, 0.1) is 6.92 Å². The maximum Gasteiger partial charge on any atom is 0.337 e. The van der Waals surface area contributed by atoms with Crippen LogP contribution < -0.4 is 0 Å². The lowest BCUT2D eigenvalue weighted by atomic mass is 10.0. The van der Waals surface area contributed by atoms with Crippen LogP contribution in [0.15, 0.2) is 46.7 Å². The Morgan fingerprint density at radius 2 is 1.64 bits per heavy atom. The van der Waals surface area contributed by atoms with Crippen molar-refractivity contribution in [2.45, 2.75) is 25.0 Å². The Bertz CT molecular complexity index is 1110. The third-order valence-corrected chi connectivity index (χ3v) is 8.73. The number of sulfonamides is 1. The number of methoxy groups -OCH3 is 1. The van der Waals surface area contributed by atoms with Crippen LogP contribution in [0.2, 0.25) is 0 Å². The summed E-state index contributed by atoms with van der Waals surface area (Å²) in [4.78, 5) is 11.6. The smallest absolute Gasteiger partial charge is 0.337 e. The zero-order chi connectivity index (χ0) is 20.5. The molecule has 0 unspecified atom stereocenters. The lowest BCUT2D eigenvalue weighted by molar-refractivity contribution is 0.0600. The molecule has 0 spiro atoms. The summed E-state index contributed by atoms with van der Waals surface area (Å²) in [6, 6.07) is 13.1. The van der Waals surface area contributed by atoms with Crippen molar-refractivity contribution in [1.82, 2.24) is 4.31 Å². The number of benzene rings is 2. The van der Waals surface area contributed by atoms with Gasteiger partial charge in [-0.15, -0.1) is 11.3 Å². The van der Waals surface area contributed by atoms with E-state index >= 15 is 0 Å². The molecule has 0 saturated heterocycles. The van der Waals surface area contributed by atoms with Crippen LogP contribution >= 0.6 is 11.3 Å². The van der Waals surface area contributed by atoms with Crippen molar-refractivity contribution in [1.29, 1.82) is 0 Å². The second-order valence-corrected chi connectivity index (χ2v) is 9.57. The lowest BCUT2D eigenvalue weighted by Crippen LogP contribution is -2.30. The molecule has 0 bridgehead atoms. The van der Waals surface area contributed by atoms with E-state index in [2.05, 4.69) is 0 Å². The second-order valence-electron chi connectivity index (χ2n) is 6.38. The number of fused-ring (bicyclic) bond motifs is 1. The first-order valence-electron chi connectivity index (χ1n) is 9.05. The molecule has 0 fully saturated rings. The van der Waals surface area contributed by atoms with Crippen molar-refractivity contribution in [2.24, 2.45) is 0 Å². The van der Waals surface area contributed by atoms with E-state index in [1.807, 2.05) is 51.1 Å². The Morgan fingerprint density at radius 3 is 2.21 bits per heavy atom. The second kappa shape index (κ2) is 8.03. The highest BCUT2D eigenvalue weighted by Crippen LogP contribution is 2.37. The Kier molecular flexibility index (Phi) is 5.88. The Balaban J connectivity index is 2.05. The van der Waals surface area contributed by atoms with Gasteiger partial charge in [0.15, 0.2) is 0 Å². The fraction of sp³-hybridized carbons (Fsp3) is 0.286. The minimum absolute atomic E-state index is 0.373. The summed E-state index contributed by atoms with van der Waals surface area (Å²) in [6.07, 6.45) is 0. The van der Waals surface area contributed by atoms with Gasteiger partial charge in [0.05, 0.1) is 12.7 Å². The number of nitrogens with zero attached hydrogens (tertiary/aromatic N) is 1. The molecule has 0 saturated carbocycles. The van der Waals surface area contributed by atoms with E-state index in [4.69, 9.17) is 4.74 Å². The zero-order valence-electron chi connectivity index (χ0n) is 16.4. The van der Waals surface area contributed by atoms with Crippen LogP contribution in [0.3, 0.4) is 0 Å². The average molecular weight is 418 g/mol. The van der Waals surface area contributed by atoms with Gasteiger partial charge < -0.3 is 4.74 Å². The van der Waals surface area contributed by atoms with E-state index in [9.17, 15) is 13.2 Å². The summed E-state index contributed by atoms with van der Waals surface area (Å²) in [5, 5.41) is 0.935. The third kappa shape index (κ3) is 3.57. The van der Waals surface area contributed by atoms with Gasteiger partial charge in [0, 0.05) is 17.8 Å². The van der Waals surface area contributed by atoms with Crippen LogP contribution in [0.5, 0.6) is 0 Å². The van der Waals surface area contributed by atoms with Gasteiger partial charge in [-0.1, -0.05) is 32.0 Å². The summed E-state index contributed by atoms with van der Waals surface area (Å²) in [5.74, 6) is -0.373. The van der Waals surface area contributed by atoms with Gasteiger partial charge in [-0.25, -0.2) is 13.2 Å². The fourth-order valence-corrected chi connectivity index (χ4v) is 6.56. The molecule has 3 aromatic rings. The first kappa shape index (κ1) is 20.5. The van der Waals surface area contributed by atoms with E-state index in [0.717, 1.165) is 26.8 Å². The van der Waals surface area contributed by atoms with Gasteiger partial charge in [0.25, 0.3) is 10.0 Å². The van der Waals surface area contributed by atoms with Crippen molar-refractivity contribution in [3.05, 3.63) is 53.6 Å². The van der Waals surface area contributed by atoms with Gasteiger partial charge in [-0.2, -0.15) is 4.31 Å². The predicted molar refractivity (Wildman–Crippen MR) is 113 cm³/mol. The number of carbonyl (C=O) groups is 1. The first-order chi connectivity index (χ1) is 13.3. The summed E-state index contributed by atoms with van der Waals surface area (Å²) < 4.78 is 33.5. The van der Waals surface area contributed by atoms with Gasteiger partial charge in [-0.05, 0) is 53.3 Å². The topological polar surface area (TPSA) is 63.7 Å². The van der Waals surface area contributed by atoms with E-state index in [1.165, 1.54) is 22.8 Å². The highest BCUT2D eigenvalue weighted by atomic mass is 32.2. The first-order valence-corrected chi connectivity index (χ1v) is 11.3. The number of thiophene rings is 1. The molecule has 0 atom stereocenters. The normalized spacial score (nSPS) is 11.9. The number of esters is 1. The Hall–Kier alpha value is -2.22. The molecular weight excluding hydrogens is 394 g/mol. The SMILES string of the molecule is CCN(CC)S(=O)(=O)c1sc2ccc(-c3ccc(C(=O)OC)cc3)cc2c1C. The molecule has 1 heterocycles. The van der Waals surface area contributed by atoms with Gasteiger partial charge >= 0.3 is 5.97 Å². The van der Waals surface area contributed by atoms with E-state index in [1.54, 1.807) is 12.1 Å². The highest BCUT2D eigenvalue weighted by molar-refractivity contribution is 7.91. The molecule has 0 amide bonds. The fourth-order valence-electron chi connectivity index (χ4n) is 3.22. The van der Waals surface area contributed by atoms with E-state index in [0.29, 0.717) is 22.9 Å². The molecule has 148 valence electrons. The minimum atomic E-state index is -3.49. The van der Waals surface area contributed by atoms with Crippen molar-refractivity contribution in [3.63, 3.8) is 0 Å². The molecule has 0 N–H and O–H groups in total. The zero-order valence-corrected chi connectivity index (χ0v) is 18.0. The molecular formula is C21H23NO4S2. The third-order valence-electron chi connectivity index (χ3n) is 4.81. The summed E-state index contributed by atoms with van der Waals surface area (Å²) in [5.41, 5.74) is 3.19. The Morgan fingerprint density at radius 1 is 1.04 bits per heavy atom. The molecule has 0 radical (unpaired) electrons. The molecule has 28 heavy (non-hydrogen) atoms. The number of aryl methyl sites for hydroxylation is 1. The molecule has 0 aliphatic rings. The lowest BCUT2D eigenvalue weighted by Gasteiger charge is -2.17. The quantitative estimate of drug-likeness (QED) is 0.546. The largest absolute Gasteiger partial charge is 0.465 e. The van der Waals surface area contributed by atoms with Gasteiger partial charge in [0.1, 0.15) is 4.21 Å². The monoisotopic (exact) mass is 417 g/mol. The van der Waals surface area contributed by atoms with E-state index in [-0.39, 0.29) is 5.97 Å². The molecule has 3 rings (SSSR count). The van der Waals surface area contributed by atoms with Crippen molar-refractivity contribution in [3.8, 4) is 11.1 Å². The van der Waals surface area contributed by atoms with Crippen LogP contribution in [0.25, 0.3) is 21.2 Å². The van der Waals surface area contributed by atoms with Crippen LogP contribution in [-0.2, 0) is 14.8 Å². The average Bonchev–Trinajstić information content (AvgIpc) is 3.05. The summed E-state index contributed by atoms with van der Waals surface area (Å²) in [6.45, 7) is 6.45. The molecule has 1 aromatic heterocycles. The van der Waals surface area contributed by atoms with Gasteiger partial charge in [-0.3, -0.25) is 0 Å². The van der Waals surface area contributed by atoms with Crippen LogP contribution in [0.1, 0.15) is 29.8 Å². The summed E-state index contributed by atoms with van der Waals surface area (Å²) in [7, 11) is -2.13. The van der Waals surface area contributed by atoms with Crippen molar-refractivity contribution < 1.29 is 17.9 Å². The highest BCUT2D eigenvalue weighted by Gasteiger charge is 2.27. The molecule has 5 nitrogen and oxygen atoms in total. The molecule has 0 aliphatic heterocycles. The predicted octanol–water partition coefficient (Wildman–Crippen LogP) is 4.69. The number of ether oxygens (including phenoxy) is 1. The maximum absolute atomic E-state index is 13.0. The standard InChI is InChI=1S/C21H23NO4S2/c1-5-22(6-2)28(24,25)21-14(3)18-13-17(11-12-19(18)27-21)15-7-9-16(10-8-15)20(23)26-4/h7-13H,5-6H2,1-4H3. The molecule has 0 aliphatic carbocycles. The van der Waals surface area contributed by atoms with Crippen LogP contribution in [-0.4, -0.2) is 38.9 Å². The number of carbonyl (C=O) groups excluding carboxylic acids is 1. The molecule has 2 aromatic carbocycles. The number of hydrogen-bond acceptors (Lipinski definition) is 5. The minimum Gasteiger partial charge on any atom is -0.465 e. The van der Waals surface area contributed by atoms with E-state index < -0.39 is 10.0 Å². The Labute approximate surface area is 169 Å². The maximum atomic E-state index is 13.0. The number of rotatable bonds is 6. The molecule has 7 heteroatoms. The van der Waals surface area contributed by atoms with Gasteiger partial charge in [0.2, 0.25) is 0 Å². The van der Waals surface area contributed by atoms with Crippen molar-refractivity contribution >= 4 is 37.4 Å². The summed E-state index contributed by atoms with van der Waals surface area (Å²) >= 11 is 1.31. The number of hydrogen-bond donors (Lipinski definition) is 0. The van der Waals surface area contributed by atoms with Crippen LogP contribution in [0.4, 0.5) is 0 Å². The van der Waals surface area contributed by atoms with Crippen molar-refractivity contribution in [2.75, 3.05) is 20.2 Å².